The van der Waals surface area contributed by atoms with Crippen molar-refractivity contribution in [3.63, 3.8) is 0 Å². The van der Waals surface area contributed by atoms with Crippen LogP contribution in [0.5, 0.6) is 0 Å². The zero-order valence-electron chi connectivity index (χ0n) is 11.7. The van der Waals surface area contributed by atoms with Crippen molar-refractivity contribution in [2.75, 3.05) is 6.54 Å². The van der Waals surface area contributed by atoms with Crippen molar-refractivity contribution in [3.05, 3.63) is 29.6 Å². The van der Waals surface area contributed by atoms with Crippen LogP contribution in [0.3, 0.4) is 0 Å². The third-order valence-corrected chi connectivity index (χ3v) is 3.88. The molecular formula is C15H21F3N2. The van der Waals surface area contributed by atoms with Crippen LogP contribution < -0.4 is 5.32 Å². The lowest BCUT2D eigenvalue weighted by molar-refractivity contribution is -0.136. The second-order valence-electron chi connectivity index (χ2n) is 5.41. The molecule has 0 aliphatic heterocycles. The fourth-order valence-corrected chi connectivity index (χ4v) is 2.93. The van der Waals surface area contributed by atoms with E-state index in [1.54, 1.807) is 6.20 Å². The van der Waals surface area contributed by atoms with Crippen molar-refractivity contribution < 1.29 is 13.2 Å². The number of pyridine rings is 1. The summed E-state index contributed by atoms with van der Waals surface area (Å²) in [6, 6.07) is 3.79. The molecule has 1 aromatic rings. The van der Waals surface area contributed by atoms with E-state index in [-0.39, 0.29) is 18.4 Å². The molecule has 0 radical (unpaired) electrons. The molecule has 20 heavy (non-hydrogen) atoms. The Morgan fingerprint density at radius 1 is 1.45 bits per heavy atom. The Hall–Kier alpha value is -1.10. The molecule has 0 fully saturated rings. The average molecular weight is 286 g/mol. The third-order valence-electron chi connectivity index (χ3n) is 3.88. The molecule has 1 aliphatic rings. The molecular weight excluding hydrogens is 265 g/mol. The maximum Gasteiger partial charge on any atom is 0.389 e. The highest BCUT2D eigenvalue weighted by Crippen LogP contribution is 2.36. The first-order chi connectivity index (χ1) is 9.51. The van der Waals surface area contributed by atoms with Crippen LogP contribution in [0.2, 0.25) is 0 Å². The summed E-state index contributed by atoms with van der Waals surface area (Å²) in [5.41, 5.74) is 2.18. The fraction of sp³-hybridized carbons (Fsp3) is 0.667. The molecule has 0 aromatic carbocycles. The molecule has 0 saturated carbocycles. The minimum absolute atomic E-state index is 0.111. The van der Waals surface area contributed by atoms with E-state index in [4.69, 9.17) is 0 Å². The molecule has 0 bridgehead atoms. The van der Waals surface area contributed by atoms with Crippen molar-refractivity contribution in [1.82, 2.24) is 10.3 Å². The summed E-state index contributed by atoms with van der Waals surface area (Å²) in [4.78, 5) is 4.39. The smallest absolute Gasteiger partial charge is 0.313 e. The number of aromatic nitrogens is 1. The van der Waals surface area contributed by atoms with E-state index >= 15 is 0 Å². The number of hydrogen-bond donors (Lipinski definition) is 1. The van der Waals surface area contributed by atoms with E-state index in [0.717, 1.165) is 31.5 Å². The van der Waals surface area contributed by atoms with Crippen LogP contribution in [0.15, 0.2) is 18.3 Å². The van der Waals surface area contributed by atoms with E-state index in [0.29, 0.717) is 0 Å². The monoisotopic (exact) mass is 286 g/mol. The van der Waals surface area contributed by atoms with Crippen LogP contribution >= 0.6 is 0 Å². The van der Waals surface area contributed by atoms with Crippen LogP contribution in [0.1, 0.15) is 49.8 Å². The Bertz CT molecular complexity index is 431. The number of aryl methyl sites for hydroxylation is 1. The molecule has 2 unspecified atom stereocenters. The predicted molar refractivity (Wildman–Crippen MR) is 72.7 cm³/mol. The lowest BCUT2D eigenvalue weighted by Crippen LogP contribution is -2.36. The second-order valence-corrected chi connectivity index (χ2v) is 5.41. The van der Waals surface area contributed by atoms with Crippen LogP contribution in [0.25, 0.3) is 0 Å². The molecule has 1 N–H and O–H groups in total. The van der Waals surface area contributed by atoms with Gasteiger partial charge in [-0.05, 0) is 43.9 Å². The number of alkyl halides is 3. The van der Waals surface area contributed by atoms with E-state index in [2.05, 4.69) is 10.3 Å². The molecule has 0 saturated heterocycles. The zero-order valence-corrected chi connectivity index (χ0v) is 11.7. The van der Waals surface area contributed by atoms with Crippen LogP contribution in [-0.4, -0.2) is 23.7 Å². The maximum absolute atomic E-state index is 12.5. The van der Waals surface area contributed by atoms with E-state index in [1.165, 1.54) is 5.56 Å². The van der Waals surface area contributed by atoms with Gasteiger partial charge in [-0.25, -0.2) is 0 Å². The maximum atomic E-state index is 12.5. The van der Waals surface area contributed by atoms with Gasteiger partial charge in [0.1, 0.15) is 0 Å². The Labute approximate surface area is 117 Å². The molecule has 2 rings (SSSR count). The highest BCUT2D eigenvalue weighted by molar-refractivity contribution is 5.29. The van der Waals surface area contributed by atoms with Crippen LogP contribution in [0, 0.1) is 0 Å². The number of nitrogens with zero attached hydrogens (tertiary/aromatic N) is 1. The molecule has 1 heterocycles. The molecule has 0 amide bonds. The van der Waals surface area contributed by atoms with E-state index in [1.807, 2.05) is 19.1 Å². The van der Waals surface area contributed by atoms with Gasteiger partial charge in [-0.15, -0.1) is 0 Å². The molecule has 2 nitrogen and oxygen atoms in total. The van der Waals surface area contributed by atoms with Crippen molar-refractivity contribution in [1.29, 1.82) is 0 Å². The average Bonchev–Trinajstić information content (AvgIpc) is 2.82. The van der Waals surface area contributed by atoms with Gasteiger partial charge in [0, 0.05) is 30.3 Å². The zero-order chi connectivity index (χ0) is 14.6. The van der Waals surface area contributed by atoms with Crippen LogP contribution in [0.4, 0.5) is 13.2 Å². The van der Waals surface area contributed by atoms with Gasteiger partial charge in [-0.2, -0.15) is 13.2 Å². The summed E-state index contributed by atoms with van der Waals surface area (Å²) in [5.74, 6) is 0.111. The number of halogens is 3. The minimum atomic E-state index is -4.09. The van der Waals surface area contributed by atoms with Gasteiger partial charge in [0.15, 0.2) is 0 Å². The summed E-state index contributed by atoms with van der Waals surface area (Å²) in [6.45, 7) is 2.77. The highest BCUT2D eigenvalue weighted by atomic mass is 19.4. The standard InChI is InChI=1S/C15H21F3N2/c1-2-9-19-13(7-8-15(16,17)18)12-6-5-11-4-3-10-20-14(11)12/h3-4,10,12-13,19H,2,5-9H2,1H3. The molecule has 2 atom stereocenters. The molecule has 1 aromatic heterocycles. The normalized spacial score (nSPS) is 19.9. The van der Waals surface area contributed by atoms with Crippen molar-refractivity contribution in [3.8, 4) is 0 Å². The van der Waals surface area contributed by atoms with E-state index < -0.39 is 12.6 Å². The first-order valence-electron chi connectivity index (χ1n) is 7.25. The Morgan fingerprint density at radius 3 is 2.95 bits per heavy atom. The Morgan fingerprint density at radius 2 is 2.25 bits per heavy atom. The van der Waals surface area contributed by atoms with E-state index in [9.17, 15) is 13.2 Å². The van der Waals surface area contributed by atoms with Crippen molar-refractivity contribution >= 4 is 0 Å². The largest absolute Gasteiger partial charge is 0.389 e. The van der Waals surface area contributed by atoms with Crippen molar-refractivity contribution in [2.45, 2.75) is 57.2 Å². The number of fused-ring (bicyclic) bond motifs is 1. The summed E-state index contributed by atoms with van der Waals surface area (Å²) in [5, 5.41) is 3.28. The molecule has 5 heteroatoms. The van der Waals surface area contributed by atoms with Crippen LogP contribution in [-0.2, 0) is 6.42 Å². The predicted octanol–water partition coefficient (Wildman–Crippen LogP) is 3.82. The van der Waals surface area contributed by atoms with Gasteiger partial charge in [0.05, 0.1) is 0 Å². The first-order valence-corrected chi connectivity index (χ1v) is 7.25. The third kappa shape index (κ3) is 3.95. The van der Waals surface area contributed by atoms with Gasteiger partial charge < -0.3 is 5.32 Å². The number of hydrogen-bond acceptors (Lipinski definition) is 2. The second kappa shape index (κ2) is 6.57. The Kier molecular flexibility index (Phi) is 5.02. The fourth-order valence-electron chi connectivity index (χ4n) is 2.93. The SMILES string of the molecule is CCCNC(CCC(F)(F)F)C1CCc2cccnc21. The summed E-state index contributed by atoms with van der Waals surface area (Å²) >= 11 is 0. The number of nitrogens with one attached hydrogen (secondary N) is 1. The summed E-state index contributed by atoms with van der Waals surface area (Å²) in [7, 11) is 0. The first kappa shape index (κ1) is 15.3. The van der Waals surface area contributed by atoms with Gasteiger partial charge in [0.2, 0.25) is 0 Å². The Balaban J connectivity index is 2.07. The van der Waals surface area contributed by atoms with Gasteiger partial charge in [0.25, 0.3) is 0 Å². The molecule has 0 spiro atoms. The van der Waals surface area contributed by atoms with Crippen molar-refractivity contribution in [2.24, 2.45) is 0 Å². The molecule has 1 aliphatic carbocycles. The summed E-state index contributed by atoms with van der Waals surface area (Å²) < 4.78 is 37.4. The lowest BCUT2D eigenvalue weighted by atomic mass is 9.92. The molecule has 112 valence electrons. The van der Waals surface area contributed by atoms with Gasteiger partial charge in [-0.1, -0.05) is 13.0 Å². The quantitative estimate of drug-likeness (QED) is 0.860. The topological polar surface area (TPSA) is 24.9 Å². The number of rotatable bonds is 6. The lowest BCUT2D eigenvalue weighted by Gasteiger charge is -2.25. The van der Waals surface area contributed by atoms with Gasteiger partial charge >= 0.3 is 6.18 Å². The highest BCUT2D eigenvalue weighted by Gasteiger charge is 2.34. The summed E-state index contributed by atoms with van der Waals surface area (Å²) in [6.07, 6.45) is -0.215. The minimum Gasteiger partial charge on any atom is -0.313 e. The van der Waals surface area contributed by atoms with Gasteiger partial charge in [-0.3, -0.25) is 4.98 Å².